The van der Waals surface area contributed by atoms with Gasteiger partial charge in [-0.3, -0.25) is 9.59 Å². The Morgan fingerprint density at radius 1 is 1.17 bits per heavy atom. The number of allylic oxidation sites excluding steroid dienone is 4. The molecule has 35 heavy (non-hydrogen) atoms. The molecule has 0 saturated heterocycles. The Bertz CT molecular complexity index is 1180. The molecule has 4 aliphatic carbocycles. The lowest BCUT2D eigenvalue weighted by atomic mass is 9.51. The van der Waals surface area contributed by atoms with Crippen molar-refractivity contribution in [3.8, 4) is 11.8 Å². The highest BCUT2D eigenvalue weighted by Gasteiger charge is 2.62. The van der Waals surface area contributed by atoms with Crippen LogP contribution in [0.4, 0.5) is 5.69 Å². The first-order valence-corrected chi connectivity index (χ1v) is 13.2. The molecule has 0 radical (unpaired) electrons. The molecule has 1 aromatic carbocycles. The maximum atomic E-state index is 12.2. The minimum atomic E-state index is -0.965. The van der Waals surface area contributed by atoms with Gasteiger partial charge in [-0.05, 0) is 92.2 Å². The van der Waals surface area contributed by atoms with E-state index in [2.05, 4.69) is 30.9 Å². The van der Waals surface area contributed by atoms with E-state index in [4.69, 9.17) is 0 Å². The summed E-state index contributed by atoms with van der Waals surface area (Å²) >= 11 is 0. The second kappa shape index (κ2) is 8.79. The Morgan fingerprint density at radius 3 is 2.60 bits per heavy atom. The highest BCUT2D eigenvalue weighted by atomic mass is 16.3. The van der Waals surface area contributed by atoms with Crippen molar-refractivity contribution in [1.82, 2.24) is 0 Å². The molecule has 1 amide bonds. The van der Waals surface area contributed by atoms with Gasteiger partial charge in [0.2, 0.25) is 5.91 Å². The van der Waals surface area contributed by atoms with Gasteiger partial charge in [0.1, 0.15) is 5.60 Å². The first-order valence-electron chi connectivity index (χ1n) is 13.2. The van der Waals surface area contributed by atoms with Gasteiger partial charge in [-0.2, -0.15) is 0 Å². The number of aliphatic hydroxyl groups is 1. The maximum Gasteiger partial charge on any atom is 0.226 e. The van der Waals surface area contributed by atoms with Crippen LogP contribution in [0.2, 0.25) is 0 Å². The molecule has 0 aliphatic heterocycles. The van der Waals surface area contributed by atoms with Crippen LogP contribution >= 0.6 is 0 Å². The van der Waals surface area contributed by atoms with Crippen molar-refractivity contribution < 1.29 is 14.7 Å². The third-order valence-electron chi connectivity index (χ3n) is 9.58. The van der Waals surface area contributed by atoms with Crippen LogP contribution in [0.15, 0.2) is 47.1 Å². The summed E-state index contributed by atoms with van der Waals surface area (Å²) in [4.78, 5) is 26.2. The van der Waals surface area contributed by atoms with Crippen LogP contribution in [-0.4, -0.2) is 29.4 Å². The molecule has 0 bridgehead atoms. The number of fused-ring (bicyclic) bond motifs is 4. The lowest BCUT2D eigenvalue weighted by Gasteiger charge is -2.53. The van der Waals surface area contributed by atoms with E-state index in [0.717, 1.165) is 44.2 Å². The van der Waals surface area contributed by atoms with E-state index in [9.17, 15) is 14.7 Å². The van der Waals surface area contributed by atoms with Gasteiger partial charge in [-0.1, -0.05) is 37.5 Å². The second-order valence-electron chi connectivity index (χ2n) is 11.2. The largest absolute Gasteiger partial charge is 0.377 e. The van der Waals surface area contributed by atoms with Gasteiger partial charge < -0.3 is 10.0 Å². The van der Waals surface area contributed by atoms with Crippen LogP contribution in [0, 0.1) is 29.1 Å². The van der Waals surface area contributed by atoms with Crippen molar-refractivity contribution in [3.05, 3.63) is 52.6 Å². The van der Waals surface area contributed by atoms with Gasteiger partial charge in [-0.25, -0.2) is 0 Å². The highest BCUT2D eigenvalue weighted by Crippen LogP contribution is 2.66. The van der Waals surface area contributed by atoms with Crippen molar-refractivity contribution in [2.45, 2.75) is 83.7 Å². The quantitative estimate of drug-likeness (QED) is 0.574. The molecule has 2 saturated carbocycles. The van der Waals surface area contributed by atoms with Crippen molar-refractivity contribution in [1.29, 1.82) is 0 Å². The van der Waals surface area contributed by atoms with Crippen LogP contribution in [0.5, 0.6) is 0 Å². The fourth-order valence-corrected chi connectivity index (χ4v) is 7.69. The van der Waals surface area contributed by atoms with Crippen LogP contribution < -0.4 is 4.90 Å². The topological polar surface area (TPSA) is 57.6 Å². The maximum absolute atomic E-state index is 12.2. The second-order valence-corrected chi connectivity index (χ2v) is 11.2. The summed E-state index contributed by atoms with van der Waals surface area (Å²) < 4.78 is 0. The SMILES string of the molecule is CC#CC1(O)CCC2C3CCC4=CC(=O)CCC4=C3C(c3ccc(N(C)C(=O)CC)cc3)CC21C. The molecule has 5 rings (SSSR count). The molecule has 2 fully saturated rings. The summed E-state index contributed by atoms with van der Waals surface area (Å²) in [5, 5.41) is 11.8. The molecule has 1 aromatic rings. The number of hydrogen-bond donors (Lipinski definition) is 1. The van der Waals surface area contributed by atoms with E-state index in [1.165, 1.54) is 22.3 Å². The number of hydrogen-bond acceptors (Lipinski definition) is 3. The molecule has 0 heterocycles. The molecular formula is C31H37NO3. The number of carbonyl (C=O) groups is 2. The minimum Gasteiger partial charge on any atom is -0.377 e. The monoisotopic (exact) mass is 471 g/mol. The minimum absolute atomic E-state index is 0.0962. The zero-order valence-electron chi connectivity index (χ0n) is 21.5. The third-order valence-corrected chi connectivity index (χ3v) is 9.58. The van der Waals surface area contributed by atoms with Crippen LogP contribution in [0.3, 0.4) is 0 Å². The average Bonchev–Trinajstić information content (AvgIpc) is 3.12. The summed E-state index contributed by atoms with van der Waals surface area (Å²) in [5.41, 5.74) is 5.05. The van der Waals surface area contributed by atoms with Gasteiger partial charge in [-0.15, -0.1) is 5.92 Å². The van der Waals surface area contributed by atoms with E-state index in [0.29, 0.717) is 24.7 Å². The van der Waals surface area contributed by atoms with E-state index in [-0.39, 0.29) is 23.0 Å². The smallest absolute Gasteiger partial charge is 0.226 e. The first kappa shape index (κ1) is 24.1. The Labute approximate surface area is 209 Å². The standard InChI is InChI=1S/C31H37NO3/c1-5-16-31(35)17-15-27-25-13-9-21-18-23(33)12-14-24(21)29(25)26(19-30(27,31)3)20-7-10-22(11-8-20)32(4)28(34)6-2/h7-8,10-11,18,25-27,35H,6,9,12-15,17,19H2,1-4H3. The number of anilines is 1. The van der Waals surface area contributed by atoms with Gasteiger partial charge in [0.25, 0.3) is 0 Å². The van der Waals surface area contributed by atoms with Crippen LogP contribution in [0.1, 0.15) is 83.6 Å². The van der Waals surface area contributed by atoms with Crippen molar-refractivity contribution >= 4 is 17.4 Å². The average molecular weight is 472 g/mol. The number of nitrogens with zero attached hydrogens (tertiary/aromatic N) is 1. The van der Waals surface area contributed by atoms with E-state index in [1.807, 2.05) is 39.1 Å². The fraction of sp³-hybridized carbons (Fsp3) is 0.548. The fourth-order valence-electron chi connectivity index (χ4n) is 7.69. The molecule has 4 aliphatic rings. The van der Waals surface area contributed by atoms with E-state index < -0.39 is 5.60 Å². The lowest BCUT2D eigenvalue weighted by molar-refractivity contribution is -0.118. The summed E-state index contributed by atoms with van der Waals surface area (Å²) in [6.07, 6.45) is 8.37. The summed E-state index contributed by atoms with van der Waals surface area (Å²) in [6, 6.07) is 8.43. The Balaban J connectivity index is 1.62. The van der Waals surface area contributed by atoms with Gasteiger partial charge in [0.15, 0.2) is 5.78 Å². The third kappa shape index (κ3) is 3.71. The Morgan fingerprint density at radius 2 is 1.91 bits per heavy atom. The van der Waals surface area contributed by atoms with Crippen LogP contribution in [0.25, 0.3) is 0 Å². The highest BCUT2D eigenvalue weighted by molar-refractivity contribution is 5.93. The van der Waals surface area contributed by atoms with Crippen molar-refractivity contribution in [2.75, 3.05) is 11.9 Å². The summed E-state index contributed by atoms with van der Waals surface area (Å²) in [6.45, 7) is 5.97. The molecule has 4 heteroatoms. The van der Waals surface area contributed by atoms with Gasteiger partial charge >= 0.3 is 0 Å². The van der Waals surface area contributed by atoms with Crippen molar-refractivity contribution in [3.63, 3.8) is 0 Å². The number of ketones is 1. The number of benzene rings is 1. The summed E-state index contributed by atoms with van der Waals surface area (Å²) in [7, 11) is 1.83. The molecule has 5 atom stereocenters. The molecule has 4 nitrogen and oxygen atoms in total. The Hall–Kier alpha value is -2.64. The number of amides is 1. The first-order chi connectivity index (χ1) is 16.7. The molecular weight excluding hydrogens is 434 g/mol. The lowest BCUT2D eigenvalue weighted by Crippen LogP contribution is -2.51. The predicted octanol–water partition coefficient (Wildman–Crippen LogP) is 5.71. The molecule has 184 valence electrons. The zero-order chi connectivity index (χ0) is 25.0. The Kier molecular flexibility index (Phi) is 6.04. The zero-order valence-corrected chi connectivity index (χ0v) is 21.5. The molecule has 0 aromatic heterocycles. The van der Waals surface area contributed by atoms with E-state index >= 15 is 0 Å². The number of rotatable bonds is 3. The molecule has 0 spiro atoms. The summed E-state index contributed by atoms with van der Waals surface area (Å²) in [5.74, 6) is 7.59. The predicted molar refractivity (Wildman–Crippen MR) is 139 cm³/mol. The molecule has 5 unspecified atom stereocenters. The van der Waals surface area contributed by atoms with E-state index in [1.54, 1.807) is 4.90 Å². The van der Waals surface area contributed by atoms with Gasteiger partial charge in [0, 0.05) is 36.9 Å². The van der Waals surface area contributed by atoms with Gasteiger partial charge in [0.05, 0.1) is 0 Å². The normalized spacial score (nSPS) is 33.7. The molecule has 1 N–H and O–H groups in total. The van der Waals surface area contributed by atoms with Crippen LogP contribution in [-0.2, 0) is 9.59 Å². The van der Waals surface area contributed by atoms with Crippen molar-refractivity contribution in [2.24, 2.45) is 17.3 Å². The number of carbonyl (C=O) groups excluding carboxylic acids is 2.